The monoisotopic (exact) mass is 331 g/mol. The summed E-state index contributed by atoms with van der Waals surface area (Å²) in [6.07, 6.45) is 0.775. The van der Waals surface area contributed by atoms with E-state index in [9.17, 15) is 4.79 Å². The van der Waals surface area contributed by atoms with Crippen LogP contribution < -0.4 is 16.8 Å². The molecule has 0 bridgehead atoms. The number of nitrogens with zero attached hydrogens (tertiary/aromatic N) is 1. The number of H-pyrrole nitrogens is 1. The SMILES string of the molecule is Cl.Cl.NCCCNC(N)=NC(=O)c1cc2ccccc2[nH]1. The van der Waals surface area contributed by atoms with E-state index in [2.05, 4.69) is 15.3 Å². The molecule has 6 nitrogen and oxygen atoms in total. The number of carbonyl (C=O) groups is 1. The van der Waals surface area contributed by atoms with Crippen LogP contribution in [0, 0.1) is 0 Å². The van der Waals surface area contributed by atoms with E-state index in [-0.39, 0.29) is 30.8 Å². The molecule has 0 spiro atoms. The molecule has 1 aromatic carbocycles. The van der Waals surface area contributed by atoms with Crippen LogP contribution in [0.3, 0.4) is 0 Å². The van der Waals surface area contributed by atoms with Crippen molar-refractivity contribution < 1.29 is 4.79 Å². The summed E-state index contributed by atoms with van der Waals surface area (Å²) < 4.78 is 0. The first-order chi connectivity index (χ1) is 9.20. The predicted molar refractivity (Wildman–Crippen MR) is 90.4 cm³/mol. The van der Waals surface area contributed by atoms with Gasteiger partial charge in [-0.1, -0.05) is 18.2 Å². The Balaban J connectivity index is 0.00000200. The van der Waals surface area contributed by atoms with Gasteiger partial charge >= 0.3 is 0 Å². The lowest BCUT2D eigenvalue weighted by Crippen LogP contribution is -2.34. The van der Waals surface area contributed by atoms with Crippen LogP contribution >= 0.6 is 24.8 Å². The van der Waals surface area contributed by atoms with E-state index in [0.717, 1.165) is 17.3 Å². The van der Waals surface area contributed by atoms with Crippen molar-refractivity contribution in [3.63, 3.8) is 0 Å². The van der Waals surface area contributed by atoms with Gasteiger partial charge in [-0.3, -0.25) is 4.79 Å². The highest BCUT2D eigenvalue weighted by Gasteiger charge is 2.08. The number of hydrogen-bond acceptors (Lipinski definition) is 2. The number of guanidine groups is 1. The average Bonchev–Trinajstić information content (AvgIpc) is 2.83. The zero-order chi connectivity index (χ0) is 13.7. The molecule has 0 saturated carbocycles. The summed E-state index contributed by atoms with van der Waals surface area (Å²) in [4.78, 5) is 18.7. The van der Waals surface area contributed by atoms with Crippen LogP contribution in [0.15, 0.2) is 35.3 Å². The minimum Gasteiger partial charge on any atom is -0.370 e. The number of benzene rings is 1. The lowest BCUT2D eigenvalue weighted by atomic mass is 10.2. The molecule has 6 N–H and O–H groups in total. The summed E-state index contributed by atoms with van der Waals surface area (Å²) in [7, 11) is 0. The molecular formula is C13H19Cl2N5O. The number of aromatic nitrogens is 1. The third kappa shape index (κ3) is 5.26. The van der Waals surface area contributed by atoms with Gasteiger partial charge < -0.3 is 21.8 Å². The lowest BCUT2D eigenvalue weighted by Gasteiger charge is -2.02. The average molecular weight is 332 g/mol. The maximum absolute atomic E-state index is 11.9. The van der Waals surface area contributed by atoms with Gasteiger partial charge in [0.15, 0.2) is 5.96 Å². The van der Waals surface area contributed by atoms with Gasteiger partial charge in [-0.15, -0.1) is 24.8 Å². The summed E-state index contributed by atoms with van der Waals surface area (Å²) in [5.41, 5.74) is 12.3. The van der Waals surface area contributed by atoms with Crippen molar-refractivity contribution in [1.29, 1.82) is 0 Å². The number of rotatable bonds is 4. The van der Waals surface area contributed by atoms with Gasteiger partial charge in [-0.05, 0) is 25.1 Å². The van der Waals surface area contributed by atoms with Crippen LogP contribution in [0.4, 0.5) is 0 Å². The minimum atomic E-state index is -0.394. The van der Waals surface area contributed by atoms with Crippen LogP contribution in [-0.2, 0) is 0 Å². The van der Waals surface area contributed by atoms with Crippen molar-refractivity contribution in [3.05, 3.63) is 36.0 Å². The molecule has 8 heteroatoms. The van der Waals surface area contributed by atoms with E-state index in [1.54, 1.807) is 6.07 Å². The number of aliphatic imine (C=N–C) groups is 1. The second-order valence-electron chi connectivity index (χ2n) is 4.14. The third-order valence-corrected chi connectivity index (χ3v) is 2.67. The van der Waals surface area contributed by atoms with Gasteiger partial charge in [-0.25, -0.2) is 0 Å². The number of fused-ring (bicyclic) bond motifs is 1. The van der Waals surface area contributed by atoms with E-state index >= 15 is 0 Å². The molecule has 2 rings (SSSR count). The van der Waals surface area contributed by atoms with Crippen molar-refractivity contribution in [1.82, 2.24) is 10.3 Å². The summed E-state index contributed by atoms with van der Waals surface area (Å²) >= 11 is 0. The van der Waals surface area contributed by atoms with Crippen molar-refractivity contribution in [2.45, 2.75) is 6.42 Å². The highest BCUT2D eigenvalue weighted by molar-refractivity contribution is 6.03. The summed E-state index contributed by atoms with van der Waals surface area (Å²) in [6, 6.07) is 9.40. The molecule has 2 aromatic rings. The lowest BCUT2D eigenvalue weighted by molar-refractivity contribution is 0.0998. The van der Waals surface area contributed by atoms with E-state index in [4.69, 9.17) is 11.5 Å². The molecule has 0 atom stereocenters. The van der Waals surface area contributed by atoms with Gasteiger partial charge in [0.1, 0.15) is 5.69 Å². The van der Waals surface area contributed by atoms with Crippen LogP contribution in [0.5, 0.6) is 0 Å². The quantitative estimate of drug-likeness (QED) is 0.385. The summed E-state index contributed by atoms with van der Waals surface area (Å²) in [5.74, 6) is -0.286. The molecule has 0 aliphatic heterocycles. The van der Waals surface area contributed by atoms with Gasteiger partial charge in [-0.2, -0.15) is 4.99 Å². The Morgan fingerprint density at radius 1 is 1.29 bits per heavy atom. The summed E-state index contributed by atoms with van der Waals surface area (Å²) in [6.45, 7) is 1.17. The molecule has 1 heterocycles. The molecule has 1 amide bonds. The number of hydrogen-bond donors (Lipinski definition) is 4. The second kappa shape index (κ2) is 9.23. The number of halogens is 2. The molecule has 21 heavy (non-hydrogen) atoms. The van der Waals surface area contributed by atoms with E-state index in [1.807, 2.05) is 24.3 Å². The van der Waals surface area contributed by atoms with Crippen LogP contribution in [0.25, 0.3) is 10.9 Å². The van der Waals surface area contributed by atoms with E-state index in [0.29, 0.717) is 18.8 Å². The van der Waals surface area contributed by atoms with Crippen molar-refractivity contribution in [3.8, 4) is 0 Å². The first-order valence-corrected chi connectivity index (χ1v) is 6.11. The summed E-state index contributed by atoms with van der Waals surface area (Å²) in [5, 5.41) is 3.80. The Bertz CT molecular complexity index is 578. The first-order valence-electron chi connectivity index (χ1n) is 6.11. The molecule has 0 aliphatic carbocycles. The maximum atomic E-state index is 11.9. The molecule has 0 aliphatic rings. The Morgan fingerprint density at radius 2 is 2.00 bits per heavy atom. The maximum Gasteiger partial charge on any atom is 0.296 e. The predicted octanol–water partition coefficient (Wildman–Crippen LogP) is 1.40. The third-order valence-electron chi connectivity index (χ3n) is 2.67. The number of aromatic amines is 1. The van der Waals surface area contributed by atoms with Crippen LogP contribution in [0.2, 0.25) is 0 Å². The van der Waals surface area contributed by atoms with Crippen molar-refractivity contribution in [2.75, 3.05) is 13.1 Å². The number of carbonyl (C=O) groups excluding carboxylic acids is 1. The Morgan fingerprint density at radius 3 is 2.67 bits per heavy atom. The smallest absolute Gasteiger partial charge is 0.296 e. The van der Waals surface area contributed by atoms with Gasteiger partial charge in [0.2, 0.25) is 0 Å². The molecule has 0 unspecified atom stereocenters. The largest absolute Gasteiger partial charge is 0.370 e. The fourth-order valence-electron chi connectivity index (χ4n) is 1.72. The number of nitrogens with two attached hydrogens (primary N) is 2. The normalized spacial score (nSPS) is 10.6. The number of amides is 1. The molecule has 0 saturated heterocycles. The Kier molecular flexibility index (Phi) is 8.45. The standard InChI is InChI=1S/C13H17N5O.2ClH/c14-6-3-7-16-13(15)18-12(19)11-8-9-4-1-2-5-10(9)17-11;;/h1-2,4-5,8,17H,3,6-7,14H2,(H3,15,16,18,19);2*1H. The second-order valence-corrected chi connectivity index (χ2v) is 4.14. The zero-order valence-corrected chi connectivity index (χ0v) is 13.0. The Hall–Kier alpha value is -1.76. The fraction of sp³-hybridized carbons (Fsp3) is 0.231. The van der Waals surface area contributed by atoms with Crippen molar-refractivity contribution >= 4 is 47.6 Å². The van der Waals surface area contributed by atoms with Crippen LogP contribution in [0.1, 0.15) is 16.9 Å². The van der Waals surface area contributed by atoms with E-state index in [1.165, 1.54) is 0 Å². The molecule has 116 valence electrons. The molecule has 0 radical (unpaired) electrons. The molecular weight excluding hydrogens is 313 g/mol. The first kappa shape index (κ1) is 19.2. The molecule has 1 aromatic heterocycles. The Labute approximate surface area is 135 Å². The van der Waals surface area contributed by atoms with E-state index < -0.39 is 5.91 Å². The number of para-hydroxylation sites is 1. The van der Waals surface area contributed by atoms with Crippen LogP contribution in [-0.4, -0.2) is 29.9 Å². The zero-order valence-electron chi connectivity index (χ0n) is 11.3. The van der Waals surface area contributed by atoms with Crippen molar-refractivity contribution in [2.24, 2.45) is 16.5 Å². The minimum absolute atomic E-state index is 0. The fourth-order valence-corrected chi connectivity index (χ4v) is 1.72. The van der Waals surface area contributed by atoms with Gasteiger partial charge in [0.05, 0.1) is 0 Å². The number of nitrogens with one attached hydrogen (secondary N) is 2. The topological polar surface area (TPSA) is 109 Å². The highest BCUT2D eigenvalue weighted by atomic mass is 35.5. The van der Waals surface area contributed by atoms with Gasteiger partial charge in [0, 0.05) is 17.4 Å². The highest BCUT2D eigenvalue weighted by Crippen LogP contribution is 2.14. The molecule has 0 fully saturated rings. The van der Waals surface area contributed by atoms with Gasteiger partial charge in [0.25, 0.3) is 5.91 Å².